The van der Waals surface area contributed by atoms with Crippen molar-refractivity contribution in [2.24, 2.45) is 5.14 Å². The summed E-state index contributed by atoms with van der Waals surface area (Å²) in [4.78, 5) is 11.3. The van der Waals surface area contributed by atoms with Crippen molar-refractivity contribution in [1.82, 2.24) is 0 Å². The van der Waals surface area contributed by atoms with Gasteiger partial charge in [-0.2, -0.15) is 0 Å². The Balaban J connectivity index is 2.17. The summed E-state index contributed by atoms with van der Waals surface area (Å²) < 4.78 is 22.4. The molecule has 0 radical (unpaired) electrons. The van der Waals surface area contributed by atoms with Crippen LogP contribution in [0.15, 0.2) is 40.6 Å². The summed E-state index contributed by atoms with van der Waals surface area (Å²) >= 11 is 1.60. The molecule has 3 N–H and O–H groups in total. The molecule has 0 saturated carbocycles. The average molecular weight is 327 g/mol. The van der Waals surface area contributed by atoms with E-state index in [-0.39, 0.29) is 16.3 Å². The van der Waals surface area contributed by atoms with Crippen LogP contribution in [0.25, 0.3) is 0 Å². The van der Waals surface area contributed by atoms with Gasteiger partial charge in [0.15, 0.2) is 0 Å². The number of nitrogens with two attached hydrogens (primary N) is 1. The highest BCUT2D eigenvalue weighted by Gasteiger charge is 2.18. The minimum atomic E-state index is -3.96. The molecule has 9 heteroatoms. The van der Waals surface area contributed by atoms with E-state index < -0.39 is 14.9 Å². The standard InChI is InChI=1S/C12H13N3O4S2/c13-21(18,19)10-3-4-11(12(8-10)15(16)17)14-6-5-9-2-1-7-20-9/h1-4,7-8,14H,5-6H2,(H2,13,18,19). The van der Waals surface area contributed by atoms with E-state index >= 15 is 0 Å². The van der Waals surface area contributed by atoms with Gasteiger partial charge < -0.3 is 5.32 Å². The molecule has 1 heterocycles. The van der Waals surface area contributed by atoms with Gasteiger partial charge in [0, 0.05) is 17.5 Å². The summed E-state index contributed by atoms with van der Waals surface area (Å²) in [5, 5.41) is 20.9. The Morgan fingerprint density at radius 1 is 1.33 bits per heavy atom. The van der Waals surface area contributed by atoms with Crippen LogP contribution in [-0.2, 0) is 16.4 Å². The number of nitrogens with zero attached hydrogens (tertiary/aromatic N) is 1. The summed E-state index contributed by atoms with van der Waals surface area (Å²) in [7, 11) is -3.96. The van der Waals surface area contributed by atoms with Crippen molar-refractivity contribution in [2.45, 2.75) is 11.3 Å². The number of nitro benzene ring substituents is 1. The maximum Gasteiger partial charge on any atom is 0.293 e. The molecule has 21 heavy (non-hydrogen) atoms. The van der Waals surface area contributed by atoms with Crippen molar-refractivity contribution in [3.63, 3.8) is 0 Å². The number of hydrogen-bond donors (Lipinski definition) is 2. The fourth-order valence-corrected chi connectivity index (χ4v) is 3.01. The third-order valence-electron chi connectivity index (χ3n) is 2.76. The van der Waals surface area contributed by atoms with Gasteiger partial charge in [-0.3, -0.25) is 10.1 Å². The molecule has 0 aliphatic rings. The molecule has 0 spiro atoms. The quantitative estimate of drug-likeness (QED) is 0.621. The van der Waals surface area contributed by atoms with E-state index in [4.69, 9.17) is 5.14 Å². The molecule has 1 aromatic carbocycles. The molecule has 0 aliphatic carbocycles. The van der Waals surface area contributed by atoms with Gasteiger partial charge in [-0.05, 0) is 30.0 Å². The first-order chi connectivity index (χ1) is 9.88. The maximum atomic E-state index is 11.2. The molecule has 0 atom stereocenters. The molecule has 0 fully saturated rings. The number of sulfonamides is 1. The second kappa shape index (κ2) is 6.20. The molecular formula is C12H13N3O4S2. The largest absolute Gasteiger partial charge is 0.379 e. The van der Waals surface area contributed by atoms with Gasteiger partial charge in [-0.25, -0.2) is 13.6 Å². The van der Waals surface area contributed by atoms with E-state index in [2.05, 4.69) is 5.32 Å². The highest BCUT2D eigenvalue weighted by molar-refractivity contribution is 7.89. The molecule has 0 unspecified atom stereocenters. The van der Waals surface area contributed by atoms with Crippen LogP contribution < -0.4 is 10.5 Å². The number of thiophene rings is 1. The molecule has 0 bridgehead atoms. The van der Waals surface area contributed by atoms with Crippen LogP contribution in [0.3, 0.4) is 0 Å². The first-order valence-electron chi connectivity index (χ1n) is 5.95. The van der Waals surface area contributed by atoms with Crippen LogP contribution in [0.5, 0.6) is 0 Å². The van der Waals surface area contributed by atoms with E-state index in [1.54, 1.807) is 11.3 Å². The smallest absolute Gasteiger partial charge is 0.293 e. The highest BCUT2D eigenvalue weighted by Crippen LogP contribution is 2.27. The second-order valence-electron chi connectivity index (χ2n) is 4.24. The van der Waals surface area contributed by atoms with Crippen molar-refractivity contribution in [1.29, 1.82) is 0 Å². The van der Waals surface area contributed by atoms with Crippen LogP contribution in [0.2, 0.25) is 0 Å². The van der Waals surface area contributed by atoms with Gasteiger partial charge in [-0.1, -0.05) is 6.07 Å². The zero-order valence-electron chi connectivity index (χ0n) is 10.9. The molecule has 0 saturated heterocycles. The maximum absolute atomic E-state index is 11.2. The van der Waals surface area contributed by atoms with Crippen molar-refractivity contribution in [2.75, 3.05) is 11.9 Å². The molecule has 0 aliphatic heterocycles. The van der Waals surface area contributed by atoms with E-state index in [1.807, 2.05) is 17.5 Å². The monoisotopic (exact) mass is 327 g/mol. The van der Waals surface area contributed by atoms with E-state index in [0.29, 0.717) is 6.54 Å². The van der Waals surface area contributed by atoms with Crippen LogP contribution in [0.1, 0.15) is 4.88 Å². The zero-order chi connectivity index (χ0) is 15.5. The number of hydrogen-bond acceptors (Lipinski definition) is 6. The lowest BCUT2D eigenvalue weighted by Gasteiger charge is -2.07. The highest BCUT2D eigenvalue weighted by atomic mass is 32.2. The SMILES string of the molecule is NS(=O)(=O)c1ccc(NCCc2cccs2)c([N+](=O)[O-])c1. The van der Waals surface area contributed by atoms with Crippen LogP contribution in [0, 0.1) is 10.1 Å². The van der Waals surface area contributed by atoms with Crippen molar-refractivity contribution < 1.29 is 13.3 Å². The summed E-state index contributed by atoms with van der Waals surface area (Å²) in [6, 6.07) is 7.47. The minimum absolute atomic E-state index is 0.268. The lowest BCUT2D eigenvalue weighted by molar-refractivity contribution is -0.384. The summed E-state index contributed by atoms with van der Waals surface area (Å²) in [6.07, 6.45) is 0.728. The normalized spacial score (nSPS) is 11.3. The summed E-state index contributed by atoms with van der Waals surface area (Å²) in [5.74, 6) is 0. The number of primary sulfonamides is 1. The fourth-order valence-electron chi connectivity index (χ4n) is 1.76. The Labute approximate surface area is 125 Å². The van der Waals surface area contributed by atoms with Crippen molar-refractivity contribution in [3.05, 3.63) is 50.7 Å². The van der Waals surface area contributed by atoms with Crippen LogP contribution in [0.4, 0.5) is 11.4 Å². The van der Waals surface area contributed by atoms with E-state index in [9.17, 15) is 18.5 Å². The van der Waals surface area contributed by atoms with Crippen molar-refractivity contribution >= 4 is 32.7 Å². The van der Waals surface area contributed by atoms with Gasteiger partial charge in [0.25, 0.3) is 5.69 Å². The van der Waals surface area contributed by atoms with Crippen molar-refractivity contribution in [3.8, 4) is 0 Å². The minimum Gasteiger partial charge on any atom is -0.379 e. The second-order valence-corrected chi connectivity index (χ2v) is 6.83. The third kappa shape index (κ3) is 4.00. The number of rotatable bonds is 6. The van der Waals surface area contributed by atoms with Crippen LogP contribution >= 0.6 is 11.3 Å². The van der Waals surface area contributed by atoms with E-state index in [1.165, 1.54) is 12.1 Å². The molecule has 112 valence electrons. The van der Waals surface area contributed by atoms with Gasteiger partial charge >= 0.3 is 0 Å². The zero-order valence-corrected chi connectivity index (χ0v) is 12.5. The number of nitro groups is 1. The first kappa shape index (κ1) is 15.4. The lowest BCUT2D eigenvalue weighted by atomic mass is 10.2. The van der Waals surface area contributed by atoms with Gasteiger partial charge in [0.2, 0.25) is 10.0 Å². The Bertz CT molecular complexity index is 742. The molecule has 7 nitrogen and oxygen atoms in total. The number of nitrogens with one attached hydrogen (secondary N) is 1. The Morgan fingerprint density at radius 2 is 2.10 bits per heavy atom. The Kier molecular flexibility index (Phi) is 4.56. The molecule has 2 aromatic rings. The Morgan fingerprint density at radius 3 is 2.67 bits per heavy atom. The van der Waals surface area contributed by atoms with Gasteiger partial charge in [0.1, 0.15) is 5.69 Å². The predicted molar refractivity (Wildman–Crippen MR) is 81.0 cm³/mol. The van der Waals surface area contributed by atoms with E-state index in [0.717, 1.165) is 17.4 Å². The summed E-state index contributed by atoms with van der Waals surface area (Å²) in [5.41, 5.74) is -0.0448. The third-order valence-corrected chi connectivity index (χ3v) is 4.61. The van der Waals surface area contributed by atoms with Crippen LogP contribution in [-0.4, -0.2) is 19.9 Å². The lowest BCUT2D eigenvalue weighted by Crippen LogP contribution is -2.13. The molecule has 0 amide bonds. The number of benzene rings is 1. The molecular weight excluding hydrogens is 314 g/mol. The topological polar surface area (TPSA) is 115 Å². The molecule has 2 rings (SSSR count). The average Bonchev–Trinajstić information content (AvgIpc) is 2.90. The summed E-state index contributed by atoms with van der Waals surface area (Å²) in [6.45, 7) is 0.510. The van der Waals surface area contributed by atoms with Gasteiger partial charge in [-0.15, -0.1) is 11.3 Å². The Hall–Kier alpha value is -1.97. The first-order valence-corrected chi connectivity index (χ1v) is 8.38. The number of anilines is 1. The fraction of sp³-hybridized carbons (Fsp3) is 0.167. The predicted octanol–water partition coefficient (Wildman–Crippen LogP) is 1.96. The van der Waals surface area contributed by atoms with Gasteiger partial charge in [0.05, 0.1) is 9.82 Å². The molecule has 1 aromatic heterocycles.